The van der Waals surface area contributed by atoms with Crippen molar-refractivity contribution in [2.75, 3.05) is 0 Å². The first-order chi connectivity index (χ1) is 12.1. The van der Waals surface area contributed by atoms with Gasteiger partial charge >= 0.3 is 0 Å². The van der Waals surface area contributed by atoms with Crippen LogP contribution in [0.3, 0.4) is 0 Å². The van der Waals surface area contributed by atoms with Crippen LogP contribution in [0.2, 0.25) is 0 Å². The van der Waals surface area contributed by atoms with Gasteiger partial charge < -0.3 is 5.11 Å². The molecular formula is C20H16N2O3. The van der Waals surface area contributed by atoms with E-state index in [0.29, 0.717) is 35.0 Å². The minimum atomic E-state index is -1.55. The minimum Gasteiger partial charge on any atom is -0.376 e. The maximum absolute atomic E-state index is 13.1. The Balaban J connectivity index is 1.93. The molecule has 1 saturated carbocycles. The summed E-state index contributed by atoms with van der Waals surface area (Å²) in [4.78, 5) is 30.2. The first-order valence-corrected chi connectivity index (χ1v) is 8.49. The first kappa shape index (κ1) is 14.5. The summed E-state index contributed by atoms with van der Waals surface area (Å²) in [5, 5.41) is 12.2. The second-order valence-electron chi connectivity index (χ2n) is 6.79. The molecule has 5 heteroatoms. The molecule has 25 heavy (non-hydrogen) atoms. The van der Waals surface area contributed by atoms with Crippen LogP contribution in [0.25, 0.3) is 16.6 Å². The summed E-state index contributed by atoms with van der Waals surface area (Å²) in [6.45, 7) is 0. The van der Waals surface area contributed by atoms with E-state index in [0.717, 1.165) is 6.42 Å². The van der Waals surface area contributed by atoms with Crippen LogP contribution in [-0.2, 0) is 10.4 Å². The number of rotatable bonds is 1. The van der Waals surface area contributed by atoms with Gasteiger partial charge in [0.1, 0.15) is 5.78 Å². The van der Waals surface area contributed by atoms with Gasteiger partial charge in [0.25, 0.3) is 5.56 Å². The molecule has 5 rings (SSSR count). The normalized spacial score (nSPS) is 24.5. The SMILES string of the molecule is O=C1CCC[C@@H]1[C@@]1(O)c2ccccc2-n2c1nc1ccccc1c2=O. The monoisotopic (exact) mass is 332 g/mol. The molecule has 2 aromatic carbocycles. The van der Waals surface area contributed by atoms with Crippen LogP contribution < -0.4 is 5.56 Å². The van der Waals surface area contributed by atoms with E-state index < -0.39 is 11.5 Å². The Kier molecular flexibility index (Phi) is 2.83. The molecule has 0 spiro atoms. The first-order valence-electron chi connectivity index (χ1n) is 8.49. The molecule has 0 radical (unpaired) electrons. The second kappa shape index (κ2) is 4.86. The number of hydrogen-bond acceptors (Lipinski definition) is 4. The second-order valence-corrected chi connectivity index (χ2v) is 6.79. The number of ketones is 1. The zero-order chi connectivity index (χ0) is 17.2. The number of carbonyl (C=O) groups excluding carboxylic acids is 1. The van der Waals surface area contributed by atoms with E-state index in [9.17, 15) is 14.7 Å². The van der Waals surface area contributed by atoms with Gasteiger partial charge in [0.15, 0.2) is 11.4 Å². The number of fused-ring (bicyclic) bond motifs is 4. The van der Waals surface area contributed by atoms with E-state index in [4.69, 9.17) is 0 Å². The lowest BCUT2D eigenvalue weighted by Crippen LogP contribution is -2.39. The van der Waals surface area contributed by atoms with Crippen molar-refractivity contribution < 1.29 is 9.90 Å². The van der Waals surface area contributed by atoms with E-state index in [-0.39, 0.29) is 17.2 Å². The van der Waals surface area contributed by atoms with Crippen LogP contribution in [0.4, 0.5) is 0 Å². The van der Waals surface area contributed by atoms with Crippen LogP contribution in [0.5, 0.6) is 0 Å². The molecule has 2 aliphatic rings. The van der Waals surface area contributed by atoms with Crippen LogP contribution in [0, 0.1) is 5.92 Å². The Morgan fingerprint density at radius 1 is 1.08 bits per heavy atom. The summed E-state index contributed by atoms with van der Waals surface area (Å²) in [5.74, 6) is -0.263. The van der Waals surface area contributed by atoms with Crippen molar-refractivity contribution in [2.24, 2.45) is 5.92 Å². The Bertz CT molecular complexity index is 1100. The highest BCUT2D eigenvalue weighted by molar-refractivity contribution is 5.86. The predicted molar refractivity (Wildman–Crippen MR) is 92.7 cm³/mol. The smallest absolute Gasteiger partial charge is 0.266 e. The summed E-state index contributed by atoms with van der Waals surface area (Å²) in [6.07, 6.45) is 1.82. The zero-order valence-electron chi connectivity index (χ0n) is 13.5. The van der Waals surface area contributed by atoms with E-state index in [1.165, 1.54) is 4.57 Å². The number of aromatic nitrogens is 2. The molecule has 2 atom stereocenters. The molecule has 1 aliphatic heterocycles. The summed E-state index contributed by atoms with van der Waals surface area (Å²) in [7, 11) is 0. The lowest BCUT2D eigenvalue weighted by molar-refractivity contribution is -0.127. The molecule has 0 unspecified atom stereocenters. The number of nitrogens with zero attached hydrogens (tertiary/aromatic N) is 2. The van der Waals surface area contributed by atoms with Crippen LogP contribution in [-0.4, -0.2) is 20.4 Å². The topological polar surface area (TPSA) is 72.2 Å². The van der Waals surface area contributed by atoms with Crippen molar-refractivity contribution in [2.45, 2.75) is 24.9 Å². The van der Waals surface area contributed by atoms with Crippen LogP contribution in [0.1, 0.15) is 30.7 Å². The Labute approximate surface area is 143 Å². The quantitative estimate of drug-likeness (QED) is 0.742. The zero-order valence-corrected chi connectivity index (χ0v) is 13.5. The van der Waals surface area contributed by atoms with Gasteiger partial charge in [0.05, 0.1) is 22.5 Å². The average molecular weight is 332 g/mol. The molecule has 124 valence electrons. The van der Waals surface area contributed by atoms with E-state index in [2.05, 4.69) is 4.98 Å². The fraction of sp³-hybridized carbons (Fsp3) is 0.250. The van der Waals surface area contributed by atoms with Crippen LogP contribution >= 0.6 is 0 Å². The van der Waals surface area contributed by atoms with Gasteiger partial charge in [-0.2, -0.15) is 0 Å². The van der Waals surface area contributed by atoms with E-state index >= 15 is 0 Å². The largest absolute Gasteiger partial charge is 0.376 e. The Morgan fingerprint density at radius 2 is 1.84 bits per heavy atom. The maximum atomic E-state index is 13.1. The van der Waals surface area contributed by atoms with Crippen LogP contribution in [0.15, 0.2) is 53.3 Å². The van der Waals surface area contributed by atoms with Crippen molar-refractivity contribution >= 4 is 16.7 Å². The number of benzene rings is 2. The lowest BCUT2D eigenvalue weighted by atomic mass is 9.80. The Hall–Kier alpha value is -2.79. The van der Waals surface area contributed by atoms with Crippen molar-refractivity contribution in [3.05, 3.63) is 70.3 Å². The molecule has 5 nitrogen and oxygen atoms in total. The summed E-state index contributed by atoms with van der Waals surface area (Å²) in [6, 6.07) is 14.3. The number of aliphatic hydroxyl groups is 1. The number of Topliss-reactive ketones (excluding diaryl/α,β-unsaturated/α-hetero) is 1. The third kappa shape index (κ3) is 1.73. The lowest BCUT2D eigenvalue weighted by Gasteiger charge is -2.29. The molecule has 0 saturated heterocycles. The van der Waals surface area contributed by atoms with Crippen molar-refractivity contribution in [1.82, 2.24) is 9.55 Å². The number of hydrogen-bond donors (Lipinski definition) is 1. The van der Waals surface area contributed by atoms with Gasteiger partial charge in [0.2, 0.25) is 0 Å². The summed E-state index contributed by atoms with van der Waals surface area (Å²) >= 11 is 0. The fourth-order valence-corrected chi connectivity index (χ4v) is 4.32. The van der Waals surface area contributed by atoms with E-state index in [1.54, 1.807) is 30.3 Å². The Morgan fingerprint density at radius 3 is 2.64 bits per heavy atom. The molecule has 1 aromatic heterocycles. The predicted octanol–water partition coefficient (Wildman–Crippen LogP) is 2.30. The van der Waals surface area contributed by atoms with E-state index in [1.807, 2.05) is 18.2 Å². The van der Waals surface area contributed by atoms with Crippen molar-refractivity contribution in [3.63, 3.8) is 0 Å². The van der Waals surface area contributed by atoms with Crippen molar-refractivity contribution in [3.8, 4) is 5.69 Å². The molecule has 1 fully saturated rings. The average Bonchev–Trinajstić information content (AvgIpc) is 3.17. The molecular weight excluding hydrogens is 316 g/mol. The highest BCUT2D eigenvalue weighted by Crippen LogP contribution is 2.48. The molecule has 0 bridgehead atoms. The molecule has 1 aliphatic carbocycles. The van der Waals surface area contributed by atoms with Gasteiger partial charge in [0, 0.05) is 12.0 Å². The molecule has 1 N–H and O–H groups in total. The molecule has 2 heterocycles. The fourth-order valence-electron chi connectivity index (χ4n) is 4.32. The standard InChI is InChI=1S/C20H16N2O3/c23-17-11-5-8-14(17)20(25)13-7-2-4-10-16(13)22-18(24)12-6-1-3-9-15(12)21-19(20)22/h1-4,6-7,9-10,14,25H,5,8,11H2/t14-,20-/m0/s1. The van der Waals surface area contributed by atoms with Gasteiger partial charge in [-0.15, -0.1) is 0 Å². The maximum Gasteiger partial charge on any atom is 0.266 e. The molecule has 3 aromatic rings. The highest BCUT2D eigenvalue weighted by atomic mass is 16.3. The van der Waals surface area contributed by atoms with Gasteiger partial charge in [-0.1, -0.05) is 30.3 Å². The van der Waals surface area contributed by atoms with Crippen molar-refractivity contribution in [1.29, 1.82) is 0 Å². The third-order valence-electron chi connectivity index (χ3n) is 5.48. The summed E-state index contributed by atoms with van der Waals surface area (Å²) in [5.41, 5.74) is -0.0177. The van der Waals surface area contributed by atoms with Gasteiger partial charge in [-0.3, -0.25) is 14.2 Å². The minimum absolute atomic E-state index is 0.0353. The number of carbonyl (C=O) groups is 1. The number of para-hydroxylation sites is 2. The van der Waals surface area contributed by atoms with Gasteiger partial charge in [-0.05, 0) is 31.0 Å². The highest BCUT2D eigenvalue weighted by Gasteiger charge is 2.53. The third-order valence-corrected chi connectivity index (χ3v) is 5.48. The molecule has 0 amide bonds. The van der Waals surface area contributed by atoms with Gasteiger partial charge in [-0.25, -0.2) is 4.98 Å². The summed E-state index contributed by atoms with van der Waals surface area (Å²) < 4.78 is 1.48.